The number of benzene rings is 2. The fourth-order valence-corrected chi connectivity index (χ4v) is 3.21. The second kappa shape index (κ2) is 5.64. The second-order valence-corrected chi connectivity index (χ2v) is 6.52. The molecular formula is C20H20N4. The summed E-state index contributed by atoms with van der Waals surface area (Å²) >= 11 is 0. The summed E-state index contributed by atoms with van der Waals surface area (Å²) in [4.78, 5) is 9.39. The van der Waals surface area contributed by atoms with Crippen LogP contribution in [-0.4, -0.2) is 14.5 Å². The Labute approximate surface area is 141 Å². The molecule has 0 spiro atoms. The molecule has 4 heteroatoms. The lowest BCUT2D eigenvalue weighted by Gasteiger charge is -2.13. The van der Waals surface area contributed by atoms with Crippen LogP contribution in [0, 0.1) is 5.92 Å². The maximum atomic E-state index is 6.23. The van der Waals surface area contributed by atoms with Crippen LogP contribution in [-0.2, 0) is 6.54 Å². The molecule has 0 aliphatic carbocycles. The number of aromatic nitrogens is 3. The molecule has 0 fully saturated rings. The van der Waals surface area contributed by atoms with Crippen molar-refractivity contribution in [1.29, 1.82) is 0 Å². The highest BCUT2D eigenvalue weighted by Gasteiger charge is 2.18. The van der Waals surface area contributed by atoms with E-state index in [0.717, 1.165) is 39.9 Å². The van der Waals surface area contributed by atoms with E-state index >= 15 is 0 Å². The van der Waals surface area contributed by atoms with E-state index in [1.54, 1.807) is 0 Å². The van der Waals surface area contributed by atoms with Gasteiger partial charge < -0.3 is 10.3 Å². The number of para-hydroxylation sites is 1. The van der Waals surface area contributed by atoms with Crippen molar-refractivity contribution in [2.24, 2.45) is 5.92 Å². The summed E-state index contributed by atoms with van der Waals surface area (Å²) in [5.41, 5.74) is 10.1. The van der Waals surface area contributed by atoms with Gasteiger partial charge >= 0.3 is 0 Å². The Morgan fingerprint density at radius 3 is 2.42 bits per heavy atom. The number of nitrogens with zero attached hydrogens (tertiary/aromatic N) is 3. The van der Waals surface area contributed by atoms with Crippen molar-refractivity contribution in [3.8, 4) is 11.4 Å². The SMILES string of the molecule is CC(C)Cn1c(-c2ccccc2)nc2c(N)nc3ccccc3c21. The van der Waals surface area contributed by atoms with Gasteiger partial charge in [0.15, 0.2) is 5.82 Å². The van der Waals surface area contributed by atoms with Gasteiger partial charge in [-0.15, -0.1) is 0 Å². The number of pyridine rings is 1. The Morgan fingerprint density at radius 1 is 0.958 bits per heavy atom. The third kappa shape index (κ3) is 2.31. The third-order valence-electron chi connectivity index (χ3n) is 4.19. The molecule has 4 nitrogen and oxygen atoms in total. The molecule has 4 aromatic rings. The smallest absolute Gasteiger partial charge is 0.152 e. The maximum Gasteiger partial charge on any atom is 0.152 e. The van der Waals surface area contributed by atoms with Crippen LogP contribution in [0.4, 0.5) is 5.82 Å². The summed E-state index contributed by atoms with van der Waals surface area (Å²) in [6.07, 6.45) is 0. The summed E-state index contributed by atoms with van der Waals surface area (Å²) in [6, 6.07) is 18.4. The molecule has 2 heterocycles. The zero-order chi connectivity index (χ0) is 16.7. The predicted octanol–water partition coefficient (Wildman–Crippen LogP) is 4.49. The van der Waals surface area contributed by atoms with Crippen molar-refractivity contribution in [2.45, 2.75) is 20.4 Å². The summed E-state index contributed by atoms with van der Waals surface area (Å²) in [7, 11) is 0. The van der Waals surface area contributed by atoms with Gasteiger partial charge in [0, 0.05) is 17.5 Å². The molecule has 2 aromatic carbocycles. The molecule has 0 aliphatic heterocycles. The van der Waals surface area contributed by atoms with E-state index in [4.69, 9.17) is 10.7 Å². The number of hydrogen-bond donors (Lipinski definition) is 1. The highest BCUT2D eigenvalue weighted by atomic mass is 15.1. The molecule has 0 unspecified atom stereocenters. The maximum absolute atomic E-state index is 6.23. The predicted molar refractivity (Wildman–Crippen MR) is 99.7 cm³/mol. The summed E-state index contributed by atoms with van der Waals surface area (Å²) < 4.78 is 2.29. The molecule has 4 rings (SSSR count). The highest BCUT2D eigenvalue weighted by Crippen LogP contribution is 2.32. The standard InChI is InChI=1S/C20H20N4/c1-13(2)12-24-18-15-10-6-7-11-16(15)22-19(21)17(18)23-20(24)14-8-4-3-5-9-14/h3-11,13H,12H2,1-2H3,(H2,21,22). The molecule has 2 N–H and O–H groups in total. The summed E-state index contributed by atoms with van der Waals surface area (Å²) in [6.45, 7) is 5.31. The fraction of sp³-hybridized carbons (Fsp3) is 0.200. The molecule has 0 amide bonds. The number of fused-ring (bicyclic) bond motifs is 3. The van der Waals surface area contributed by atoms with E-state index in [1.165, 1.54) is 0 Å². The second-order valence-electron chi connectivity index (χ2n) is 6.52. The zero-order valence-electron chi connectivity index (χ0n) is 13.9. The molecule has 0 aliphatic rings. The number of hydrogen-bond acceptors (Lipinski definition) is 3. The van der Waals surface area contributed by atoms with Crippen LogP contribution in [0.3, 0.4) is 0 Å². The molecular weight excluding hydrogens is 296 g/mol. The van der Waals surface area contributed by atoms with E-state index < -0.39 is 0 Å². The van der Waals surface area contributed by atoms with Gasteiger partial charge in [0.05, 0.1) is 11.0 Å². The van der Waals surface area contributed by atoms with Crippen molar-refractivity contribution in [2.75, 3.05) is 5.73 Å². The quantitative estimate of drug-likeness (QED) is 0.606. The van der Waals surface area contributed by atoms with Crippen molar-refractivity contribution in [3.05, 3.63) is 54.6 Å². The average molecular weight is 316 g/mol. The first kappa shape index (κ1) is 14.7. The Bertz CT molecular complexity index is 1020. The highest BCUT2D eigenvalue weighted by molar-refractivity contribution is 6.07. The van der Waals surface area contributed by atoms with Crippen LogP contribution in [0.2, 0.25) is 0 Å². The van der Waals surface area contributed by atoms with Crippen LogP contribution >= 0.6 is 0 Å². The number of imidazole rings is 1. The van der Waals surface area contributed by atoms with Crippen molar-refractivity contribution in [3.63, 3.8) is 0 Å². The van der Waals surface area contributed by atoms with E-state index in [9.17, 15) is 0 Å². The van der Waals surface area contributed by atoms with Gasteiger partial charge in [0.1, 0.15) is 11.3 Å². The van der Waals surface area contributed by atoms with Crippen LogP contribution in [0.25, 0.3) is 33.3 Å². The van der Waals surface area contributed by atoms with E-state index in [1.807, 2.05) is 36.4 Å². The number of nitrogens with two attached hydrogens (primary N) is 1. The largest absolute Gasteiger partial charge is 0.382 e. The van der Waals surface area contributed by atoms with Crippen LogP contribution in [0.5, 0.6) is 0 Å². The zero-order valence-corrected chi connectivity index (χ0v) is 13.9. The first-order chi connectivity index (χ1) is 11.6. The van der Waals surface area contributed by atoms with Gasteiger partial charge in [-0.2, -0.15) is 0 Å². The Hall–Kier alpha value is -2.88. The molecule has 0 radical (unpaired) electrons. The normalized spacial score (nSPS) is 11.6. The Kier molecular flexibility index (Phi) is 3.45. The number of anilines is 1. The van der Waals surface area contributed by atoms with Gasteiger partial charge in [0.2, 0.25) is 0 Å². The van der Waals surface area contributed by atoms with E-state index in [-0.39, 0.29) is 0 Å². The number of rotatable bonds is 3. The minimum Gasteiger partial charge on any atom is -0.382 e. The molecule has 0 bridgehead atoms. The molecule has 0 saturated carbocycles. The first-order valence-electron chi connectivity index (χ1n) is 8.25. The van der Waals surface area contributed by atoms with Gasteiger partial charge in [-0.1, -0.05) is 62.4 Å². The summed E-state index contributed by atoms with van der Waals surface area (Å²) in [5.74, 6) is 1.94. The first-order valence-corrected chi connectivity index (χ1v) is 8.25. The molecule has 0 atom stereocenters. The van der Waals surface area contributed by atoms with Crippen LogP contribution < -0.4 is 5.73 Å². The van der Waals surface area contributed by atoms with Gasteiger partial charge in [-0.25, -0.2) is 9.97 Å². The lowest BCUT2D eigenvalue weighted by Crippen LogP contribution is -2.06. The Morgan fingerprint density at radius 2 is 1.67 bits per heavy atom. The topological polar surface area (TPSA) is 56.7 Å². The van der Waals surface area contributed by atoms with E-state index in [0.29, 0.717) is 11.7 Å². The van der Waals surface area contributed by atoms with Gasteiger partial charge in [0.25, 0.3) is 0 Å². The lowest BCUT2D eigenvalue weighted by molar-refractivity contribution is 0.537. The lowest BCUT2D eigenvalue weighted by atomic mass is 10.1. The van der Waals surface area contributed by atoms with Crippen molar-refractivity contribution < 1.29 is 0 Å². The Balaban J connectivity index is 2.13. The van der Waals surface area contributed by atoms with Gasteiger partial charge in [-0.3, -0.25) is 0 Å². The molecule has 2 aromatic heterocycles. The minimum atomic E-state index is 0.489. The van der Waals surface area contributed by atoms with Crippen LogP contribution in [0.15, 0.2) is 54.6 Å². The summed E-state index contributed by atoms with van der Waals surface area (Å²) in [5, 5.41) is 1.09. The van der Waals surface area contributed by atoms with E-state index in [2.05, 4.69) is 41.6 Å². The molecule has 120 valence electrons. The van der Waals surface area contributed by atoms with Crippen molar-refractivity contribution in [1.82, 2.24) is 14.5 Å². The van der Waals surface area contributed by atoms with Crippen molar-refractivity contribution >= 4 is 27.8 Å². The minimum absolute atomic E-state index is 0.489. The third-order valence-corrected chi connectivity index (χ3v) is 4.19. The van der Waals surface area contributed by atoms with Gasteiger partial charge in [-0.05, 0) is 12.0 Å². The monoisotopic (exact) mass is 316 g/mol. The fourth-order valence-electron chi connectivity index (χ4n) is 3.21. The molecule has 24 heavy (non-hydrogen) atoms. The molecule has 0 saturated heterocycles. The average Bonchev–Trinajstić information content (AvgIpc) is 2.95. The van der Waals surface area contributed by atoms with Crippen LogP contribution in [0.1, 0.15) is 13.8 Å². The number of nitrogen functional groups attached to an aromatic ring is 1.